The third kappa shape index (κ3) is 58.6. The number of phosphoric ester groups is 1. The lowest BCUT2D eigenvalue weighted by Gasteiger charge is -2.30. The van der Waals surface area contributed by atoms with Crippen LogP contribution in [0, 0.1) is 0 Å². The molecule has 0 fully saturated rings. The normalized spacial score (nSPS) is 13.9. The van der Waals surface area contributed by atoms with Crippen molar-refractivity contribution in [2.24, 2.45) is 0 Å². The van der Waals surface area contributed by atoms with E-state index in [1.807, 2.05) is 33.3 Å². The van der Waals surface area contributed by atoms with Crippen molar-refractivity contribution in [2.45, 2.75) is 335 Å². The van der Waals surface area contributed by atoms with Crippen LogP contribution in [0.15, 0.2) is 48.6 Å². The molecule has 3 unspecified atom stereocenters. The van der Waals surface area contributed by atoms with E-state index in [0.717, 1.165) is 77.0 Å². The lowest BCUT2D eigenvalue weighted by molar-refractivity contribution is -0.870. The van der Waals surface area contributed by atoms with Crippen LogP contribution >= 0.6 is 7.82 Å². The third-order valence-corrected chi connectivity index (χ3v) is 16.0. The van der Waals surface area contributed by atoms with Gasteiger partial charge in [-0.15, -0.1) is 0 Å². The maximum Gasteiger partial charge on any atom is 0.306 e. The predicted octanol–water partition coefficient (Wildman–Crippen LogP) is 20.2. The molecule has 0 aromatic rings. The van der Waals surface area contributed by atoms with Gasteiger partial charge in [-0.3, -0.25) is 14.2 Å². The molecule has 0 aliphatic carbocycles. The number of hydrogen-bond donors (Lipinski definition) is 1. The number of hydrogen-bond acceptors (Lipinski definition) is 7. The van der Waals surface area contributed by atoms with Crippen LogP contribution in [-0.2, 0) is 27.9 Å². The summed E-state index contributed by atoms with van der Waals surface area (Å²) in [6, 6.07) is -0.891. The van der Waals surface area contributed by atoms with Crippen molar-refractivity contribution in [3.63, 3.8) is 0 Å². The quantitative estimate of drug-likeness (QED) is 0.0161. The van der Waals surface area contributed by atoms with E-state index in [1.54, 1.807) is 0 Å². The number of nitrogens with one attached hydrogen (secondary N) is 1. The van der Waals surface area contributed by atoms with Crippen LogP contribution in [0.25, 0.3) is 0 Å². The lowest BCUT2D eigenvalue weighted by Crippen LogP contribution is -2.47. The fourth-order valence-corrected chi connectivity index (χ4v) is 10.7. The van der Waals surface area contributed by atoms with Crippen LogP contribution in [0.5, 0.6) is 0 Å². The van der Waals surface area contributed by atoms with Gasteiger partial charge in [-0.1, -0.05) is 307 Å². The smallest absolute Gasteiger partial charge is 0.306 e. The first-order valence-corrected chi connectivity index (χ1v) is 34.9. The van der Waals surface area contributed by atoms with Crippen molar-refractivity contribution in [2.75, 3.05) is 40.9 Å². The Morgan fingerprint density at radius 3 is 1.22 bits per heavy atom. The summed E-state index contributed by atoms with van der Waals surface area (Å²) in [4.78, 5) is 40.0. The van der Waals surface area contributed by atoms with Crippen molar-refractivity contribution in [3.8, 4) is 0 Å². The number of allylic oxidation sites excluding steroid dienone is 7. The molecule has 0 aromatic heterocycles. The van der Waals surface area contributed by atoms with E-state index in [1.165, 1.54) is 212 Å². The zero-order valence-electron chi connectivity index (χ0n) is 52.4. The van der Waals surface area contributed by atoms with Crippen molar-refractivity contribution >= 4 is 19.7 Å². The molecular formula is C68H129N2O7P. The Balaban J connectivity index is 5.04. The van der Waals surface area contributed by atoms with Crippen LogP contribution < -0.4 is 10.2 Å². The summed E-state index contributed by atoms with van der Waals surface area (Å²) >= 11 is 0. The number of likely N-dealkylation sites (N-methyl/N-ethyl adjacent to an activating group) is 1. The summed E-state index contributed by atoms with van der Waals surface area (Å²) in [5.41, 5.74) is 0. The van der Waals surface area contributed by atoms with Crippen molar-refractivity contribution in [3.05, 3.63) is 48.6 Å². The molecule has 0 heterocycles. The van der Waals surface area contributed by atoms with Gasteiger partial charge < -0.3 is 28.5 Å². The fourth-order valence-electron chi connectivity index (χ4n) is 9.94. The van der Waals surface area contributed by atoms with E-state index in [4.69, 9.17) is 13.8 Å². The second-order valence-corrected chi connectivity index (χ2v) is 25.4. The molecule has 78 heavy (non-hydrogen) atoms. The number of rotatable bonds is 61. The highest BCUT2D eigenvalue weighted by molar-refractivity contribution is 7.45. The summed E-state index contributed by atoms with van der Waals surface area (Å²) in [6.07, 6.45) is 72.4. The predicted molar refractivity (Wildman–Crippen MR) is 335 cm³/mol. The molecule has 0 spiro atoms. The van der Waals surface area contributed by atoms with E-state index in [2.05, 4.69) is 62.5 Å². The van der Waals surface area contributed by atoms with E-state index in [9.17, 15) is 19.0 Å². The molecule has 458 valence electrons. The summed E-state index contributed by atoms with van der Waals surface area (Å²) in [5, 5.41) is 3.04. The number of unbranched alkanes of at least 4 members (excludes halogenated alkanes) is 41. The van der Waals surface area contributed by atoms with Gasteiger partial charge in [0.25, 0.3) is 7.82 Å². The minimum Gasteiger partial charge on any atom is -0.756 e. The maximum absolute atomic E-state index is 13.6. The highest BCUT2D eigenvalue weighted by Crippen LogP contribution is 2.38. The SMILES string of the molecule is CC/C=C/C=C/C=C/CCCCCCCCCC(=O)OC(/C=C\CCCCCCCCCCCC)C(COP(=O)([O-])OCC[N+](C)(C)C)NC(=O)CCCCCCCCCCCCCCCCCCCCCCCCCCC. The Morgan fingerprint density at radius 1 is 0.462 bits per heavy atom. The summed E-state index contributed by atoms with van der Waals surface area (Å²) < 4.78 is 30.4. The van der Waals surface area contributed by atoms with E-state index in [-0.39, 0.29) is 31.5 Å². The number of quaternary nitrogens is 1. The second kappa shape index (κ2) is 58.2. The molecule has 0 rings (SSSR count). The van der Waals surface area contributed by atoms with Crippen LogP contribution in [0.1, 0.15) is 323 Å². The molecule has 10 heteroatoms. The molecule has 1 amide bonds. The number of carbonyl (C=O) groups is 2. The first-order valence-electron chi connectivity index (χ1n) is 33.5. The van der Waals surface area contributed by atoms with Gasteiger partial charge in [0.15, 0.2) is 0 Å². The van der Waals surface area contributed by atoms with Gasteiger partial charge in [-0.25, -0.2) is 0 Å². The molecule has 0 saturated heterocycles. The Kier molecular flexibility index (Phi) is 56.7. The minimum absolute atomic E-state index is 0.0232. The Labute approximate surface area is 484 Å². The van der Waals surface area contributed by atoms with Gasteiger partial charge in [0.05, 0.1) is 33.8 Å². The van der Waals surface area contributed by atoms with E-state index >= 15 is 0 Å². The van der Waals surface area contributed by atoms with E-state index < -0.39 is 20.0 Å². The van der Waals surface area contributed by atoms with Crippen LogP contribution in [0.4, 0.5) is 0 Å². The number of esters is 1. The number of phosphoric acid groups is 1. The van der Waals surface area contributed by atoms with Crippen molar-refractivity contribution < 1.29 is 37.3 Å². The highest BCUT2D eigenvalue weighted by Gasteiger charge is 2.27. The van der Waals surface area contributed by atoms with E-state index in [0.29, 0.717) is 17.4 Å². The van der Waals surface area contributed by atoms with Gasteiger partial charge in [-0.05, 0) is 51.0 Å². The first-order chi connectivity index (χ1) is 37.9. The molecule has 0 bridgehead atoms. The Hall–Kier alpha value is -2.03. The summed E-state index contributed by atoms with van der Waals surface area (Å²) in [6.45, 7) is 6.75. The van der Waals surface area contributed by atoms with Gasteiger partial charge in [0.1, 0.15) is 19.3 Å². The highest BCUT2D eigenvalue weighted by atomic mass is 31.2. The second-order valence-electron chi connectivity index (χ2n) is 24.0. The largest absolute Gasteiger partial charge is 0.756 e. The van der Waals surface area contributed by atoms with Crippen LogP contribution in [0.2, 0.25) is 0 Å². The van der Waals surface area contributed by atoms with Gasteiger partial charge in [0, 0.05) is 12.8 Å². The fraction of sp³-hybridized carbons (Fsp3) is 0.853. The number of carbonyl (C=O) groups excluding carboxylic acids is 2. The van der Waals surface area contributed by atoms with Crippen molar-refractivity contribution in [1.29, 1.82) is 0 Å². The van der Waals surface area contributed by atoms with Gasteiger partial charge >= 0.3 is 5.97 Å². The van der Waals surface area contributed by atoms with Crippen LogP contribution in [-0.4, -0.2) is 69.4 Å². The zero-order chi connectivity index (χ0) is 57.2. The molecule has 0 aliphatic rings. The summed E-state index contributed by atoms with van der Waals surface area (Å²) in [5.74, 6) is -0.542. The Bertz CT molecular complexity index is 1470. The molecule has 0 radical (unpaired) electrons. The number of nitrogens with zero attached hydrogens (tertiary/aromatic N) is 1. The Morgan fingerprint density at radius 2 is 0.821 bits per heavy atom. The number of ether oxygens (including phenoxy) is 1. The monoisotopic (exact) mass is 1120 g/mol. The molecular weight excluding hydrogens is 988 g/mol. The minimum atomic E-state index is -4.70. The van der Waals surface area contributed by atoms with Crippen LogP contribution in [0.3, 0.4) is 0 Å². The zero-order valence-corrected chi connectivity index (χ0v) is 53.3. The van der Waals surface area contributed by atoms with Crippen molar-refractivity contribution in [1.82, 2.24) is 5.32 Å². The number of amides is 1. The molecule has 0 aliphatic heterocycles. The molecule has 3 atom stereocenters. The molecule has 1 N–H and O–H groups in total. The third-order valence-electron chi connectivity index (χ3n) is 15.1. The van der Waals surface area contributed by atoms with Gasteiger partial charge in [-0.2, -0.15) is 0 Å². The molecule has 0 aromatic carbocycles. The average molecular weight is 1120 g/mol. The maximum atomic E-state index is 13.6. The molecule has 9 nitrogen and oxygen atoms in total. The topological polar surface area (TPSA) is 114 Å². The first kappa shape index (κ1) is 76.0. The van der Waals surface area contributed by atoms with Gasteiger partial charge in [0.2, 0.25) is 5.91 Å². The average Bonchev–Trinajstić information content (AvgIpc) is 3.40. The standard InChI is InChI=1S/C68H129N2O7P/c1-7-10-13-16-19-22-25-28-30-31-32-33-34-35-36-37-38-39-41-42-45-48-51-54-57-60-67(71)69-65(64-76-78(73,74)75-63-62-70(4,5)6)66(59-56-53-50-47-44-27-24-21-18-15-12-9-3)77-68(72)61-58-55-52-49-46-43-40-29-26-23-20-17-14-11-8-2/h11,14,17,20,23,26,56,59,65-66H,7-10,12-13,15-16,18-19,21-22,24-25,27-55,57-58,60-64H2,1-6H3,(H-,69,71,73,74)/b14-11+,20-17+,26-23+,59-56-. The lowest BCUT2D eigenvalue weighted by atomic mass is 10.0. The summed E-state index contributed by atoms with van der Waals surface area (Å²) in [7, 11) is 1.19. The molecule has 0 saturated carbocycles.